The number of carbonyl (C=O) groups is 2. The standard InChI is InChI=1S/C28H24N2O3S2/c1-3-33-27(32)24-23(19-12-6-4-7-13-19)18(2)35-26(24)30-28(34)29-22-17-11-10-16-21(22)25(31)20-14-8-5-9-15-20/h4-17H,3H2,1-2H3,(H2,29,30,34). The van der Waals surface area contributed by atoms with Crippen LogP contribution >= 0.6 is 23.6 Å². The number of carbonyl (C=O) groups excluding carboxylic acids is 2. The van der Waals surface area contributed by atoms with Crippen molar-refractivity contribution in [1.29, 1.82) is 0 Å². The lowest BCUT2D eigenvalue weighted by Crippen LogP contribution is -2.21. The summed E-state index contributed by atoms with van der Waals surface area (Å²) < 4.78 is 5.36. The maximum atomic E-state index is 13.1. The Balaban J connectivity index is 1.63. The van der Waals surface area contributed by atoms with Crippen molar-refractivity contribution in [3.63, 3.8) is 0 Å². The van der Waals surface area contributed by atoms with Crippen molar-refractivity contribution in [2.75, 3.05) is 17.2 Å². The zero-order valence-corrected chi connectivity index (χ0v) is 21.0. The van der Waals surface area contributed by atoms with Gasteiger partial charge in [0.15, 0.2) is 10.9 Å². The molecule has 3 aromatic carbocycles. The van der Waals surface area contributed by atoms with Crippen molar-refractivity contribution in [3.8, 4) is 11.1 Å². The van der Waals surface area contributed by atoms with E-state index in [1.54, 1.807) is 31.2 Å². The van der Waals surface area contributed by atoms with Crippen LogP contribution in [0.2, 0.25) is 0 Å². The van der Waals surface area contributed by atoms with Crippen LogP contribution in [0.5, 0.6) is 0 Å². The number of hydrogen-bond donors (Lipinski definition) is 2. The van der Waals surface area contributed by atoms with Crippen LogP contribution in [-0.2, 0) is 4.74 Å². The van der Waals surface area contributed by atoms with Gasteiger partial charge in [-0.05, 0) is 43.8 Å². The van der Waals surface area contributed by atoms with Crippen molar-refractivity contribution in [2.45, 2.75) is 13.8 Å². The van der Waals surface area contributed by atoms with E-state index in [4.69, 9.17) is 17.0 Å². The zero-order valence-electron chi connectivity index (χ0n) is 19.3. The first kappa shape index (κ1) is 24.3. The third-order valence-electron chi connectivity index (χ3n) is 5.31. The highest BCUT2D eigenvalue weighted by Gasteiger charge is 2.25. The number of para-hydroxylation sites is 1. The van der Waals surface area contributed by atoms with Gasteiger partial charge >= 0.3 is 5.97 Å². The minimum absolute atomic E-state index is 0.109. The van der Waals surface area contributed by atoms with E-state index < -0.39 is 5.97 Å². The summed E-state index contributed by atoms with van der Waals surface area (Å²) >= 11 is 7.01. The SMILES string of the molecule is CCOC(=O)c1c(NC(=S)Nc2ccccc2C(=O)c2ccccc2)sc(C)c1-c1ccccc1. The number of ketones is 1. The number of ether oxygens (including phenoxy) is 1. The van der Waals surface area contributed by atoms with Crippen LogP contribution in [0.4, 0.5) is 10.7 Å². The summed E-state index contributed by atoms with van der Waals surface area (Å²) in [6.07, 6.45) is 0. The number of benzene rings is 3. The third-order valence-corrected chi connectivity index (χ3v) is 6.53. The lowest BCUT2D eigenvalue weighted by atomic mass is 10.0. The molecule has 4 aromatic rings. The largest absolute Gasteiger partial charge is 0.462 e. The fourth-order valence-electron chi connectivity index (χ4n) is 3.78. The van der Waals surface area contributed by atoms with Crippen molar-refractivity contribution < 1.29 is 14.3 Å². The van der Waals surface area contributed by atoms with Crippen LogP contribution in [-0.4, -0.2) is 23.5 Å². The van der Waals surface area contributed by atoms with Crippen molar-refractivity contribution in [1.82, 2.24) is 0 Å². The van der Waals surface area contributed by atoms with Crippen LogP contribution in [0.15, 0.2) is 84.9 Å². The summed E-state index contributed by atoms with van der Waals surface area (Å²) in [4.78, 5) is 27.0. The smallest absolute Gasteiger partial charge is 0.341 e. The summed E-state index contributed by atoms with van der Waals surface area (Å²) in [5.74, 6) is -0.525. The Morgan fingerprint density at radius 2 is 1.51 bits per heavy atom. The second kappa shape index (κ2) is 11.1. The second-order valence-electron chi connectivity index (χ2n) is 7.64. The van der Waals surface area contributed by atoms with Gasteiger partial charge in [0, 0.05) is 21.6 Å². The molecule has 4 rings (SSSR count). The van der Waals surface area contributed by atoms with Gasteiger partial charge in [-0.25, -0.2) is 4.79 Å². The van der Waals surface area contributed by atoms with Crippen LogP contribution in [0.1, 0.15) is 38.1 Å². The van der Waals surface area contributed by atoms with E-state index in [0.29, 0.717) is 27.4 Å². The number of anilines is 2. The summed E-state index contributed by atoms with van der Waals surface area (Å²) in [5, 5.41) is 7.15. The van der Waals surface area contributed by atoms with Crippen molar-refractivity contribution in [2.24, 2.45) is 0 Å². The quantitative estimate of drug-likeness (QED) is 0.163. The highest BCUT2D eigenvalue weighted by molar-refractivity contribution is 7.80. The summed E-state index contributed by atoms with van der Waals surface area (Å²) in [6.45, 7) is 4.00. The third kappa shape index (κ3) is 5.48. The molecule has 7 heteroatoms. The van der Waals surface area contributed by atoms with Gasteiger partial charge in [0.2, 0.25) is 0 Å². The fraction of sp³-hybridized carbons (Fsp3) is 0.107. The van der Waals surface area contributed by atoms with E-state index in [0.717, 1.165) is 16.0 Å². The molecule has 0 bridgehead atoms. The van der Waals surface area contributed by atoms with Gasteiger partial charge in [0.1, 0.15) is 10.6 Å². The molecule has 1 heterocycles. The number of thiocarbonyl (C=S) groups is 1. The highest BCUT2D eigenvalue weighted by atomic mass is 32.1. The molecule has 0 amide bonds. The number of hydrogen-bond acceptors (Lipinski definition) is 5. The monoisotopic (exact) mass is 500 g/mol. The highest BCUT2D eigenvalue weighted by Crippen LogP contribution is 2.40. The summed E-state index contributed by atoms with van der Waals surface area (Å²) in [5.41, 5.74) is 3.85. The van der Waals surface area contributed by atoms with Gasteiger partial charge in [0.05, 0.1) is 12.3 Å². The molecular formula is C28H24N2O3S2. The zero-order chi connectivity index (χ0) is 24.8. The van der Waals surface area contributed by atoms with Gasteiger partial charge < -0.3 is 15.4 Å². The van der Waals surface area contributed by atoms with E-state index in [-0.39, 0.29) is 17.5 Å². The van der Waals surface area contributed by atoms with E-state index in [1.807, 2.05) is 67.6 Å². The van der Waals surface area contributed by atoms with Gasteiger partial charge in [-0.1, -0.05) is 72.8 Å². The summed E-state index contributed by atoms with van der Waals surface area (Å²) in [6, 6.07) is 26.0. The number of rotatable bonds is 7. The van der Waals surface area contributed by atoms with Crippen LogP contribution in [0.25, 0.3) is 11.1 Å². The lowest BCUT2D eigenvalue weighted by Gasteiger charge is -2.14. The molecule has 1 aromatic heterocycles. The molecule has 0 unspecified atom stereocenters. The van der Waals surface area contributed by atoms with Gasteiger partial charge in [0.25, 0.3) is 0 Å². The Hall–Kier alpha value is -3.81. The van der Waals surface area contributed by atoms with Gasteiger partial charge in [-0.3, -0.25) is 4.79 Å². The van der Waals surface area contributed by atoms with Crippen LogP contribution < -0.4 is 10.6 Å². The maximum Gasteiger partial charge on any atom is 0.341 e. The average molecular weight is 501 g/mol. The number of esters is 1. The molecule has 0 saturated carbocycles. The topological polar surface area (TPSA) is 67.4 Å². The van der Waals surface area contributed by atoms with E-state index >= 15 is 0 Å². The minimum Gasteiger partial charge on any atom is -0.462 e. The van der Waals surface area contributed by atoms with Crippen molar-refractivity contribution in [3.05, 3.63) is 106 Å². The second-order valence-corrected chi connectivity index (χ2v) is 9.28. The number of aryl methyl sites for hydroxylation is 1. The Bertz CT molecular complexity index is 1370. The molecule has 0 atom stereocenters. The Morgan fingerprint density at radius 1 is 0.886 bits per heavy atom. The first-order valence-electron chi connectivity index (χ1n) is 11.1. The Kier molecular flexibility index (Phi) is 7.70. The van der Waals surface area contributed by atoms with E-state index in [1.165, 1.54) is 11.3 Å². The first-order valence-corrected chi connectivity index (χ1v) is 12.3. The van der Waals surface area contributed by atoms with Crippen LogP contribution in [0.3, 0.4) is 0 Å². The van der Waals surface area contributed by atoms with Crippen LogP contribution in [0, 0.1) is 6.92 Å². The minimum atomic E-state index is -0.416. The normalized spacial score (nSPS) is 10.5. The van der Waals surface area contributed by atoms with Crippen molar-refractivity contribution >= 4 is 51.1 Å². The number of thiophene rings is 1. The summed E-state index contributed by atoms with van der Waals surface area (Å²) in [7, 11) is 0. The predicted octanol–water partition coefficient (Wildman–Crippen LogP) is 6.94. The molecule has 0 aliphatic heterocycles. The maximum absolute atomic E-state index is 13.1. The van der Waals surface area contributed by atoms with E-state index in [9.17, 15) is 9.59 Å². The molecule has 0 radical (unpaired) electrons. The van der Waals surface area contributed by atoms with Gasteiger partial charge in [-0.15, -0.1) is 11.3 Å². The molecule has 2 N–H and O–H groups in total. The molecule has 176 valence electrons. The van der Waals surface area contributed by atoms with Gasteiger partial charge in [-0.2, -0.15) is 0 Å². The fourth-order valence-corrected chi connectivity index (χ4v) is 5.12. The number of nitrogens with one attached hydrogen (secondary N) is 2. The molecule has 5 nitrogen and oxygen atoms in total. The van der Waals surface area contributed by atoms with E-state index in [2.05, 4.69) is 10.6 Å². The molecular weight excluding hydrogens is 476 g/mol. The molecule has 35 heavy (non-hydrogen) atoms. The molecule has 0 fully saturated rings. The predicted molar refractivity (Wildman–Crippen MR) is 147 cm³/mol. The molecule has 0 spiro atoms. The Morgan fingerprint density at radius 3 is 2.20 bits per heavy atom. The molecule has 0 aliphatic carbocycles. The average Bonchev–Trinajstić information content (AvgIpc) is 3.20. The molecule has 0 saturated heterocycles. The first-order chi connectivity index (χ1) is 17.0. The Labute approximate surface area is 213 Å². The molecule has 0 aliphatic rings. The lowest BCUT2D eigenvalue weighted by molar-refractivity contribution is 0.0529.